The topological polar surface area (TPSA) is 49.8 Å². The number of carboxylic acids is 1. The molecule has 0 atom stereocenters. The third kappa shape index (κ3) is 3.25. The lowest BCUT2D eigenvalue weighted by Gasteiger charge is -2.37. The van der Waals surface area contributed by atoms with Crippen molar-refractivity contribution in [2.45, 2.75) is 27.0 Å². The normalized spacial score (nSPS) is 16.2. The number of hydrogen-bond acceptors (Lipinski definition) is 3. The highest BCUT2D eigenvalue weighted by Gasteiger charge is 2.32. The molecule has 110 valence electrons. The van der Waals surface area contributed by atoms with E-state index in [1.165, 1.54) is 0 Å². The van der Waals surface area contributed by atoms with Gasteiger partial charge in [-0.3, -0.25) is 9.69 Å². The molecular formula is C14H17F2NO3. The molecule has 0 bridgehead atoms. The third-order valence-corrected chi connectivity index (χ3v) is 3.59. The number of rotatable bonds is 5. The van der Waals surface area contributed by atoms with E-state index in [-0.39, 0.29) is 11.7 Å². The number of aryl methyl sites for hydroxylation is 2. The summed E-state index contributed by atoms with van der Waals surface area (Å²) < 4.78 is 29.4. The summed E-state index contributed by atoms with van der Waals surface area (Å²) in [7, 11) is 0. The van der Waals surface area contributed by atoms with Gasteiger partial charge >= 0.3 is 12.6 Å². The third-order valence-electron chi connectivity index (χ3n) is 3.59. The first-order valence-electron chi connectivity index (χ1n) is 6.37. The predicted molar refractivity (Wildman–Crippen MR) is 69.0 cm³/mol. The summed E-state index contributed by atoms with van der Waals surface area (Å²) in [5.41, 5.74) is 2.55. The van der Waals surface area contributed by atoms with Crippen LogP contribution in [0.2, 0.25) is 0 Å². The van der Waals surface area contributed by atoms with Gasteiger partial charge in [-0.1, -0.05) is 6.07 Å². The number of hydrogen-bond donors (Lipinski definition) is 1. The van der Waals surface area contributed by atoms with Crippen LogP contribution in [0.25, 0.3) is 0 Å². The van der Waals surface area contributed by atoms with Crippen molar-refractivity contribution in [2.75, 3.05) is 13.1 Å². The fourth-order valence-corrected chi connectivity index (χ4v) is 2.27. The molecule has 4 nitrogen and oxygen atoms in total. The molecule has 1 N–H and O–H groups in total. The van der Waals surface area contributed by atoms with Crippen molar-refractivity contribution >= 4 is 5.97 Å². The standard InChI is InChI=1S/C14H17F2NO3/c1-8-3-10(5-17-6-11(7-17)13(18)19)12(4-9(8)2)20-14(15)16/h3-4,11,14H,5-7H2,1-2H3,(H,18,19). The molecule has 1 aromatic carbocycles. The maximum absolute atomic E-state index is 12.4. The molecule has 0 unspecified atom stereocenters. The fourth-order valence-electron chi connectivity index (χ4n) is 2.27. The average molecular weight is 285 g/mol. The summed E-state index contributed by atoms with van der Waals surface area (Å²) in [5.74, 6) is -1.01. The van der Waals surface area contributed by atoms with Crippen LogP contribution in [0, 0.1) is 19.8 Å². The van der Waals surface area contributed by atoms with Crippen LogP contribution in [-0.4, -0.2) is 35.7 Å². The van der Waals surface area contributed by atoms with Gasteiger partial charge in [0.2, 0.25) is 0 Å². The van der Waals surface area contributed by atoms with Crippen molar-refractivity contribution < 1.29 is 23.4 Å². The maximum Gasteiger partial charge on any atom is 0.387 e. The van der Waals surface area contributed by atoms with E-state index in [9.17, 15) is 13.6 Å². The van der Waals surface area contributed by atoms with Crippen molar-refractivity contribution in [1.29, 1.82) is 0 Å². The highest BCUT2D eigenvalue weighted by Crippen LogP contribution is 2.28. The van der Waals surface area contributed by atoms with E-state index in [1.54, 1.807) is 6.07 Å². The van der Waals surface area contributed by atoms with Crippen LogP contribution in [-0.2, 0) is 11.3 Å². The Morgan fingerprint density at radius 3 is 2.55 bits per heavy atom. The lowest BCUT2D eigenvalue weighted by Crippen LogP contribution is -2.49. The Labute approximate surface area is 116 Å². The molecule has 0 aromatic heterocycles. The summed E-state index contributed by atoms with van der Waals surface area (Å²) >= 11 is 0. The molecule has 1 aliphatic rings. The highest BCUT2D eigenvalue weighted by molar-refractivity contribution is 5.71. The van der Waals surface area contributed by atoms with E-state index in [2.05, 4.69) is 4.74 Å². The Morgan fingerprint density at radius 2 is 2.00 bits per heavy atom. The van der Waals surface area contributed by atoms with Crippen LogP contribution >= 0.6 is 0 Å². The zero-order valence-electron chi connectivity index (χ0n) is 11.4. The summed E-state index contributed by atoms with van der Waals surface area (Å²) in [4.78, 5) is 12.6. The van der Waals surface area contributed by atoms with Crippen molar-refractivity contribution in [3.63, 3.8) is 0 Å². The van der Waals surface area contributed by atoms with E-state index >= 15 is 0 Å². The number of benzene rings is 1. The Kier molecular flexibility index (Phi) is 4.23. The van der Waals surface area contributed by atoms with Crippen LogP contribution in [0.15, 0.2) is 12.1 Å². The van der Waals surface area contributed by atoms with Crippen molar-refractivity contribution in [3.8, 4) is 5.75 Å². The summed E-state index contributed by atoms with van der Waals surface area (Å²) in [6.45, 7) is 2.18. The number of likely N-dealkylation sites (tertiary alicyclic amines) is 1. The van der Waals surface area contributed by atoms with Gasteiger partial charge in [-0.2, -0.15) is 8.78 Å². The van der Waals surface area contributed by atoms with Gasteiger partial charge in [0.1, 0.15) is 5.75 Å². The van der Waals surface area contributed by atoms with E-state index in [1.807, 2.05) is 24.8 Å². The number of alkyl halides is 2. The minimum Gasteiger partial charge on any atom is -0.481 e. The summed E-state index contributed by atoms with van der Waals surface area (Å²) in [5, 5.41) is 8.82. The predicted octanol–water partition coefficient (Wildman–Crippen LogP) is 2.42. The molecule has 0 saturated carbocycles. The number of nitrogens with zero attached hydrogens (tertiary/aromatic N) is 1. The largest absolute Gasteiger partial charge is 0.481 e. The molecule has 0 amide bonds. The first-order chi connectivity index (χ1) is 9.36. The maximum atomic E-state index is 12.4. The van der Waals surface area contributed by atoms with Crippen LogP contribution in [0.5, 0.6) is 5.75 Å². The summed E-state index contributed by atoms with van der Waals surface area (Å²) in [6.07, 6.45) is 0. The molecule has 0 spiro atoms. The fraction of sp³-hybridized carbons (Fsp3) is 0.500. The minimum absolute atomic E-state index is 0.168. The Hall–Kier alpha value is -1.69. The number of carboxylic acid groups (broad SMARTS) is 1. The molecule has 0 aliphatic carbocycles. The first kappa shape index (κ1) is 14.7. The van der Waals surface area contributed by atoms with Crippen molar-refractivity contribution in [2.24, 2.45) is 5.92 Å². The molecule has 2 rings (SSSR count). The van der Waals surface area contributed by atoms with Gasteiger partial charge in [0.15, 0.2) is 0 Å². The highest BCUT2D eigenvalue weighted by atomic mass is 19.3. The van der Waals surface area contributed by atoms with E-state index in [0.717, 1.165) is 11.1 Å². The zero-order valence-corrected chi connectivity index (χ0v) is 11.4. The smallest absolute Gasteiger partial charge is 0.387 e. The number of aliphatic carboxylic acids is 1. The SMILES string of the molecule is Cc1cc(CN2CC(C(=O)O)C2)c(OC(F)F)cc1C. The number of ether oxygens (including phenoxy) is 1. The second-order valence-corrected chi connectivity index (χ2v) is 5.15. The molecule has 1 saturated heterocycles. The lowest BCUT2D eigenvalue weighted by atomic mass is 9.98. The Balaban J connectivity index is 2.10. The van der Waals surface area contributed by atoms with Gasteiger partial charge in [0.25, 0.3) is 0 Å². The molecule has 1 heterocycles. The average Bonchev–Trinajstić information content (AvgIpc) is 2.27. The molecule has 1 fully saturated rings. The van der Waals surface area contributed by atoms with E-state index in [4.69, 9.17) is 5.11 Å². The Bertz CT molecular complexity index is 513. The second kappa shape index (κ2) is 5.75. The van der Waals surface area contributed by atoms with E-state index in [0.29, 0.717) is 25.2 Å². The van der Waals surface area contributed by atoms with Crippen LogP contribution in [0.3, 0.4) is 0 Å². The lowest BCUT2D eigenvalue weighted by molar-refractivity contribution is -0.147. The van der Waals surface area contributed by atoms with Gasteiger partial charge in [0, 0.05) is 25.2 Å². The molecule has 6 heteroatoms. The second-order valence-electron chi connectivity index (χ2n) is 5.15. The van der Waals surface area contributed by atoms with Crippen LogP contribution in [0.1, 0.15) is 16.7 Å². The number of halogens is 2. The first-order valence-corrected chi connectivity index (χ1v) is 6.37. The molecular weight excluding hydrogens is 268 g/mol. The van der Waals surface area contributed by atoms with Crippen LogP contribution < -0.4 is 4.74 Å². The van der Waals surface area contributed by atoms with Crippen LogP contribution in [0.4, 0.5) is 8.78 Å². The zero-order chi connectivity index (χ0) is 14.9. The van der Waals surface area contributed by atoms with Gasteiger partial charge < -0.3 is 9.84 Å². The quantitative estimate of drug-likeness (QED) is 0.902. The van der Waals surface area contributed by atoms with Gasteiger partial charge in [-0.05, 0) is 31.0 Å². The van der Waals surface area contributed by atoms with E-state index < -0.39 is 12.6 Å². The van der Waals surface area contributed by atoms with Crippen molar-refractivity contribution in [3.05, 3.63) is 28.8 Å². The van der Waals surface area contributed by atoms with Gasteiger partial charge in [-0.25, -0.2) is 0 Å². The molecule has 0 radical (unpaired) electrons. The minimum atomic E-state index is -2.86. The molecule has 1 aliphatic heterocycles. The van der Waals surface area contributed by atoms with Gasteiger partial charge in [-0.15, -0.1) is 0 Å². The summed E-state index contributed by atoms with van der Waals surface area (Å²) in [6, 6.07) is 3.42. The molecule has 20 heavy (non-hydrogen) atoms. The van der Waals surface area contributed by atoms with Gasteiger partial charge in [0.05, 0.1) is 5.92 Å². The monoisotopic (exact) mass is 285 g/mol. The molecule has 1 aromatic rings. The number of carbonyl (C=O) groups is 1. The van der Waals surface area contributed by atoms with Crippen molar-refractivity contribution in [1.82, 2.24) is 4.90 Å². The Morgan fingerprint density at radius 1 is 1.40 bits per heavy atom.